The van der Waals surface area contributed by atoms with Gasteiger partial charge in [0.25, 0.3) is 0 Å². The number of ether oxygens (including phenoxy) is 1. The summed E-state index contributed by atoms with van der Waals surface area (Å²) in [6.07, 6.45) is 0.990. The SMILES string of the molecule is CCNC(=NCC(C)(C)OC)NCCc1ccc(C)cc1C. The summed E-state index contributed by atoms with van der Waals surface area (Å²) in [5.41, 5.74) is 3.80. The van der Waals surface area contributed by atoms with Gasteiger partial charge >= 0.3 is 0 Å². The van der Waals surface area contributed by atoms with E-state index in [2.05, 4.69) is 54.6 Å². The highest BCUT2D eigenvalue weighted by molar-refractivity contribution is 5.79. The number of nitrogens with zero attached hydrogens (tertiary/aromatic N) is 1. The average Bonchev–Trinajstić information content (AvgIpc) is 2.47. The number of hydrogen-bond acceptors (Lipinski definition) is 2. The number of benzene rings is 1. The minimum atomic E-state index is -0.240. The molecule has 0 aliphatic carbocycles. The maximum Gasteiger partial charge on any atom is 0.191 e. The zero-order valence-electron chi connectivity index (χ0n) is 14.9. The third kappa shape index (κ3) is 6.48. The van der Waals surface area contributed by atoms with E-state index in [1.807, 2.05) is 13.8 Å². The fourth-order valence-corrected chi connectivity index (χ4v) is 2.12. The van der Waals surface area contributed by atoms with Crippen LogP contribution in [0.25, 0.3) is 0 Å². The second-order valence-corrected chi connectivity index (χ2v) is 6.27. The molecule has 0 amide bonds. The molecule has 0 saturated heterocycles. The number of hydrogen-bond donors (Lipinski definition) is 2. The Morgan fingerprint density at radius 3 is 2.55 bits per heavy atom. The van der Waals surface area contributed by atoms with Crippen LogP contribution < -0.4 is 10.6 Å². The van der Waals surface area contributed by atoms with Crippen LogP contribution >= 0.6 is 0 Å². The van der Waals surface area contributed by atoms with Gasteiger partial charge in [-0.25, -0.2) is 0 Å². The lowest BCUT2D eigenvalue weighted by molar-refractivity contribution is 0.0310. The molecule has 0 aliphatic rings. The predicted molar refractivity (Wildman–Crippen MR) is 94.7 cm³/mol. The molecule has 0 radical (unpaired) electrons. The number of nitrogens with one attached hydrogen (secondary N) is 2. The summed E-state index contributed by atoms with van der Waals surface area (Å²) >= 11 is 0. The number of methoxy groups -OCH3 is 1. The molecule has 0 unspecified atom stereocenters. The number of aryl methyl sites for hydroxylation is 2. The molecule has 4 heteroatoms. The highest BCUT2D eigenvalue weighted by atomic mass is 16.5. The van der Waals surface area contributed by atoms with E-state index >= 15 is 0 Å². The molecule has 1 rings (SSSR count). The maximum absolute atomic E-state index is 5.40. The Bertz CT molecular complexity index is 495. The van der Waals surface area contributed by atoms with Crippen LogP contribution in [0.4, 0.5) is 0 Å². The molecule has 124 valence electrons. The van der Waals surface area contributed by atoms with Crippen LogP contribution in [0.15, 0.2) is 23.2 Å². The van der Waals surface area contributed by atoms with Gasteiger partial charge in [-0.2, -0.15) is 0 Å². The molecule has 0 aliphatic heterocycles. The first kappa shape index (κ1) is 18.5. The van der Waals surface area contributed by atoms with Crippen molar-refractivity contribution in [3.8, 4) is 0 Å². The molecule has 0 spiro atoms. The van der Waals surface area contributed by atoms with E-state index in [1.165, 1.54) is 16.7 Å². The van der Waals surface area contributed by atoms with Crippen LogP contribution in [0.5, 0.6) is 0 Å². The monoisotopic (exact) mass is 305 g/mol. The lowest BCUT2D eigenvalue weighted by atomic mass is 10.0. The first-order valence-corrected chi connectivity index (χ1v) is 8.01. The molecule has 1 aromatic carbocycles. The summed E-state index contributed by atoms with van der Waals surface area (Å²) in [4.78, 5) is 4.59. The Morgan fingerprint density at radius 1 is 1.23 bits per heavy atom. The van der Waals surface area contributed by atoms with Crippen molar-refractivity contribution < 1.29 is 4.74 Å². The summed E-state index contributed by atoms with van der Waals surface area (Å²) in [6, 6.07) is 6.61. The molecule has 0 atom stereocenters. The first-order valence-electron chi connectivity index (χ1n) is 8.01. The van der Waals surface area contributed by atoms with Gasteiger partial charge in [-0.05, 0) is 52.2 Å². The number of guanidine groups is 1. The van der Waals surface area contributed by atoms with Crippen molar-refractivity contribution in [2.24, 2.45) is 4.99 Å². The third-order valence-corrected chi connectivity index (χ3v) is 3.70. The van der Waals surface area contributed by atoms with Crippen molar-refractivity contribution in [3.63, 3.8) is 0 Å². The zero-order chi connectivity index (χ0) is 16.6. The Morgan fingerprint density at radius 2 is 1.95 bits per heavy atom. The van der Waals surface area contributed by atoms with Gasteiger partial charge in [0.2, 0.25) is 0 Å². The molecule has 22 heavy (non-hydrogen) atoms. The van der Waals surface area contributed by atoms with E-state index in [-0.39, 0.29) is 5.60 Å². The molecule has 2 N–H and O–H groups in total. The molecular weight excluding hydrogens is 274 g/mol. The number of aliphatic imine (C=N–C) groups is 1. The van der Waals surface area contributed by atoms with E-state index < -0.39 is 0 Å². The van der Waals surface area contributed by atoms with Crippen LogP contribution in [0.3, 0.4) is 0 Å². The molecule has 1 aromatic rings. The second kappa shape index (κ2) is 8.79. The maximum atomic E-state index is 5.40. The van der Waals surface area contributed by atoms with E-state index in [9.17, 15) is 0 Å². The summed E-state index contributed by atoms with van der Waals surface area (Å²) in [7, 11) is 1.72. The van der Waals surface area contributed by atoms with Crippen LogP contribution in [-0.4, -0.2) is 38.3 Å². The average molecular weight is 305 g/mol. The van der Waals surface area contributed by atoms with Gasteiger partial charge in [-0.15, -0.1) is 0 Å². The Labute approximate surface area is 135 Å². The number of rotatable bonds is 7. The topological polar surface area (TPSA) is 45.7 Å². The van der Waals surface area contributed by atoms with Crippen molar-refractivity contribution in [3.05, 3.63) is 34.9 Å². The third-order valence-electron chi connectivity index (χ3n) is 3.70. The molecule has 0 aromatic heterocycles. The van der Waals surface area contributed by atoms with Gasteiger partial charge in [0, 0.05) is 20.2 Å². The van der Waals surface area contributed by atoms with Gasteiger partial charge in [0.15, 0.2) is 5.96 Å². The van der Waals surface area contributed by atoms with Gasteiger partial charge in [-0.3, -0.25) is 4.99 Å². The van der Waals surface area contributed by atoms with E-state index in [0.29, 0.717) is 6.54 Å². The van der Waals surface area contributed by atoms with Crippen molar-refractivity contribution in [2.45, 2.75) is 46.6 Å². The molecule has 0 heterocycles. The highest BCUT2D eigenvalue weighted by Gasteiger charge is 2.15. The van der Waals surface area contributed by atoms with Crippen LogP contribution in [0.1, 0.15) is 37.5 Å². The fourth-order valence-electron chi connectivity index (χ4n) is 2.12. The van der Waals surface area contributed by atoms with Gasteiger partial charge in [0.05, 0.1) is 12.1 Å². The van der Waals surface area contributed by atoms with Gasteiger partial charge in [0.1, 0.15) is 0 Å². The van der Waals surface area contributed by atoms with Crippen molar-refractivity contribution in [1.82, 2.24) is 10.6 Å². The quantitative estimate of drug-likeness (QED) is 0.601. The molecule has 0 bridgehead atoms. The van der Waals surface area contributed by atoms with E-state index in [1.54, 1.807) is 7.11 Å². The molecule has 0 saturated carbocycles. The minimum Gasteiger partial charge on any atom is -0.377 e. The van der Waals surface area contributed by atoms with Gasteiger partial charge < -0.3 is 15.4 Å². The Hall–Kier alpha value is -1.55. The largest absolute Gasteiger partial charge is 0.377 e. The van der Waals surface area contributed by atoms with Crippen molar-refractivity contribution in [1.29, 1.82) is 0 Å². The van der Waals surface area contributed by atoms with Crippen LogP contribution in [-0.2, 0) is 11.2 Å². The van der Waals surface area contributed by atoms with Crippen LogP contribution in [0, 0.1) is 13.8 Å². The summed E-state index contributed by atoms with van der Waals surface area (Å²) in [6.45, 7) is 12.8. The second-order valence-electron chi connectivity index (χ2n) is 6.27. The summed E-state index contributed by atoms with van der Waals surface area (Å²) in [5.74, 6) is 0.845. The fraction of sp³-hybridized carbons (Fsp3) is 0.611. The van der Waals surface area contributed by atoms with E-state index in [0.717, 1.165) is 25.5 Å². The standard InChI is InChI=1S/C18H31N3O/c1-7-19-17(21-13-18(4,5)22-6)20-11-10-16-9-8-14(2)12-15(16)3/h8-9,12H,7,10-11,13H2,1-6H3,(H2,19,20,21). The lowest BCUT2D eigenvalue weighted by Gasteiger charge is -2.21. The van der Waals surface area contributed by atoms with Gasteiger partial charge in [-0.1, -0.05) is 23.8 Å². The minimum absolute atomic E-state index is 0.240. The molecular formula is C18H31N3O. The van der Waals surface area contributed by atoms with Crippen LogP contribution in [0.2, 0.25) is 0 Å². The van der Waals surface area contributed by atoms with Crippen molar-refractivity contribution >= 4 is 5.96 Å². The highest BCUT2D eigenvalue weighted by Crippen LogP contribution is 2.10. The lowest BCUT2D eigenvalue weighted by Crippen LogP contribution is -2.40. The molecule has 0 fully saturated rings. The Balaban J connectivity index is 2.55. The summed E-state index contributed by atoms with van der Waals surface area (Å²) < 4.78 is 5.40. The normalized spacial score (nSPS) is 12.4. The zero-order valence-corrected chi connectivity index (χ0v) is 14.9. The van der Waals surface area contributed by atoms with E-state index in [4.69, 9.17) is 4.74 Å². The smallest absolute Gasteiger partial charge is 0.191 e. The Kier molecular flexibility index (Phi) is 7.39. The van der Waals surface area contributed by atoms with Crippen molar-refractivity contribution in [2.75, 3.05) is 26.7 Å². The summed E-state index contributed by atoms with van der Waals surface area (Å²) in [5, 5.41) is 6.66. The predicted octanol–water partition coefficient (Wildman–Crippen LogP) is 2.83. The molecule has 4 nitrogen and oxygen atoms in total. The first-order chi connectivity index (χ1) is 10.4.